The standard InChI is InChI=1S/C20H30N4O/c1-5-24(6-2)17(12-15(3)4)14-22-20(25)23-19-9-7-8-16-13-21-11-10-18(16)19/h7-11,13,15,17H,5-6,12,14H2,1-4H3,(H2,22,23,25)/t17-/m0/s1. The fraction of sp³-hybridized carbons (Fsp3) is 0.500. The fourth-order valence-corrected chi connectivity index (χ4v) is 3.25. The van der Waals surface area contributed by atoms with Crippen LogP contribution in [0, 0.1) is 5.92 Å². The van der Waals surface area contributed by atoms with Gasteiger partial charge in [-0.25, -0.2) is 4.79 Å². The number of pyridine rings is 1. The molecule has 1 aromatic heterocycles. The highest BCUT2D eigenvalue weighted by molar-refractivity contribution is 6.01. The van der Waals surface area contributed by atoms with Crippen molar-refractivity contribution in [1.82, 2.24) is 15.2 Å². The maximum absolute atomic E-state index is 12.4. The summed E-state index contributed by atoms with van der Waals surface area (Å²) >= 11 is 0. The van der Waals surface area contributed by atoms with Crippen LogP contribution in [0.4, 0.5) is 10.5 Å². The van der Waals surface area contributed by atoms with Crippen LogP contribution < -0.4 is 10.6 Å². The molecule has 1 heterocycles. The van der Waals surface area contributed by atoms with Gasteiger partial charge in [0.25, 0.3) is 0 Å². The Bertz CT molecular complexity index is 677. The van der Waals surface area contributed by atoms with E-state index >= 15 is 0 Å². The predicted molar refractivity (Wildman–Crippen MR) is 105 cm³/mol. The molecule has 0 bridgehead atoms. The van der Waals surface area contributed by atoms with E-state index in [0.717, 1.165) is 36.0 Å². The van der Waals surface area contributed by atoms with Crippen LogP contribution in [-0.4, -0.2) is 41.6 Å². The molecule has 0 aliphatic heterocycles. The van der Waals surface area contributed by atoms with Gasteiger partial charge in [0.15, 0.2) is 0 Å². The Balaban J connectivity index is 2.00. The molecule has 25 heavy (non-hydrogen) atoms. The van der Waals surface area contributed by atoms with Gasteiger partial charge < -0.3 is 10.6 Å². The van der Waals surface area contributed by atoms with E-state index in [4.69, 9.17) is 0 Å². The Morgan fingerprint density at radius 3 is 2.64 bits per heavy atom. The number of benzene rings is 1. The van der Waals surface area contributed by atoms with E-state index in [1.54, 1.807) is 12.4 Å². The van der Waals surface area contributed by atoms with E-state index in [9.17, 15) is 4.79 Å². The topological polar surface area (TPSA) is 57.3 Å². The van der Waals surface area contributed by atoms with Crippen molar-refractivity contribution in [2.24, 2.45) is 5.92 Å². The van der Waals surface area contributed by atoms with Crippen molar-refractivity contribution in [3.63, 3.8) is 0 Å². The van der Waals surface area contributed by atoms with Crippen LogP contribution in [0.3, 0.4) is 0 Å². The molecule has 0 saturated heterocycles. The number of fused-ring (bicyclic) bond motifs is 1. The summed E-state index contributed by atoms with van der Waals surface area (Å²) in [6, 6.07) is 7.95. The van der Waals surface area contributed by atoms with Crippen molar-refractivity contribution >= 4 is 22.5 Å². The Kier molecular flexibility index (Phi) is 7.19. The van der Waals surface area contributed by atoms with Gasteiger partial charge in [0.2, 0.25) is 0 Å². The third kappa shape index (κ3) is 5.43. The molecule has 1 atom stereocenters. The molecule has 0 aliphatic rings. The third-order valence-electron chi connectivity index (χ3n) is 4.50. The van der Waals surface area contributed by atoms with E-state index in [0.29, 0.717) is 18.5 Å². The highest BCUT2D eigenvalue weighted by atomic mass is 16.2. The number of nitrogens with zero attached hydrogens (tertiary/aromatic N) is 2. The number of aromatic nitrogens is 1. The van der Waals surface area contributed by atoms with E-state index in [1.165, 1.54) is 0 Å². The minimum Gasteiger partial charge on any atom is -0.336 e. The summed E-state index contributed by atoms with van der Waals surface area (Å²) in [7, 11) is 0. The zero-order valence-electron chi connectivity index (χ0n) is 15.7. The summed E-state index contributed by atoms with van der Waals surface area (Å²) in [4.78, 5) is 18.9. The second-order valence-electron chi connectivity index (χ2n) is 6.74. The molecule has 1 aromatic carbocycles. The van der Waals surface area contributed by atoms with Crippen LogP contribution in [0.2, 0.25) is 0 Å². The van der Waals surface area contributed by atoms with Crippen molar-refractivity contribution in [2.75, 3.05) is 25.0 Å². The van der Waals surface area contributed by atoms with Gasteiger partial charge in [-0.3, -0.25) is 9.88 Å². The first kappa shape index (κ1) is 19.2. The van der Waals surface area contributed by atoms with Crippen molar-refractivity contribution in [2.45, 2.75) is 40.2 Å². The van der Waals surface area contributed by atoms with Crippen molar-refractivity contribution < 1.29 is 4.79 Å². The Morgan fingerprint density at radius 2 is 1.96 bits per heavy atom. The Morgan fingerprint density at radius 1 is 1.20 bits per heavy atom. The molecule has 0 radical (unpaired) electrons. The Hall–Kier alpha value is -2.14. The summed E-state index contributed by atoms with van der Waals surface area (Å²) in [6.07, 6.45) is 4.61. The number of carbonyl (C=O) groups excluding carboxylic acids is 1. The van der Waals surface area contributed by atoms with Gasteiger partial charge in [0.1, 0.15) is 0 Å². The highest BCUT2D eigenvalue weighted by Gasteiger charge is 2.18. The van der Waals surface area contributed by atoms with E-state index in [1.807, 2.05) is 24.3 Å². The van der Waals surface area contributed by atoms with Crippen LogP contribution in [0.1, 0.15) is 34.1 Å². The first-order valence-electron chi connectivity index (χ1n) is 9.16. The lowest BCUT2D eigenvalue weighted by Gasteiger charge is -2.31. The number of carbonyl (C=O) groups is 1. The lowest BCUT2D eigenvalue weighted by molar-refractivity contribution is 0.186. The summed E-state index contributed by atoms with van der Waals surface area (Å²) in [6.45, 7) is 11.4. The maximum Gasteiger partial charge on any atom is 0.319 e. The molecule has 0 aliphatic carbocycles. The molecule has 5 heteroatoms. The van der Waals surface area contributed by atoms with Gasteiger partial charge in [-0.1, -0.05) is 39.8 Å². The van der Waals surface area contributed by atoms with Crippen LogP contribution in [0.25, 0.3) is 10.8 Å². The van der Waals surface area contributed by atoms with Crippen LogP contribution in [0.5, 0.6) is 0 Å². The molecule has 2 rings (SSSR count). The van der Waals surface area contributed by atoms with Gasteiger partial charge in [-0.05, 0) is 37.6 Å². The average molecular weight is 342 g/mol. The minimum absolute atomic E-state index is 0.162. The molecule has 5 nitrogen and oxygen atoms in total. The second kappa shape index (κ2) is 9.37. The molecular weight excluding hydrogens is 312 g/mol. The molecule has 0 fully saturated rings. The number of amides is 2. The third-order valence-corrected chi connectivity index (χ3v) is 4.50. The number of likely N-dealkylation sites (N-methyl/N-ethyl adjacent to an activating group) is 1. The lowest BCUT2D eigenvalue weighted by Crippen LogP contribution is -2.45. The highest BCUT2D eigenvalue weighted by Crippen LogP contribution is 2.22. The SMILES string of the molecule is CCN(CC)[C@H](CNC(=O)Nc1cccc2cnccc12)CC(C)C. The lowest BCUT2D eigenvalue weighted by atomic mass is 10.0. The van der Waals surface area contributed by atoms with Gasteiger partial charge >= 0.3 is 6.03 Å². The first-order chi connectivity index (χ1) is 12.0. The number of hydrogen-bond acceptors (Lipinski definition) is 3. The minimum atomic E-state index is -0.162. The number of nitrogens with one attached hydrogen (secondary N) is 2. The molecule has 136 valence electrons. The quantitative estimate of drug-likeness (QED) is 0.759. The van der Waals surface area contributed by atoms with Gasteiger partial charge in [-0.15, -0.1) is 0 Å². The number of urea groups is 1. The van der Waals surface area contributed by atoms with E-state index in [2.05, 4.69) is 48.2 Å². The van der Waals surface area contributed by atoms with E-state index < -0.39 is 0 Å². The van der Waals surface area contributed by atoms with Gasteiger partial charge in [-0.2, -0.15) is 0 Å². The van der Waals surface area contributed by atoms with Gasteiger partial charge in [0, 0.05) is 35.8 Å². The zero-order valence-corrected chi connectivity index (χ0v) is 15.7. The number of hydrogen-bond donors (Lipinski definition) is 2. The smallest absolute Gasteiger partial charge is 0.319 e. The summed E-state index contributed by atoms with van der Waals surface area (Å²) in [5, 5.41) is 8.03. The molecule has 0 spiro atoms. The zero-order chi connectivity index (χ0) is 18.2. The molecule has 2 amide bonds. The van der Waals surface area contributed by atoms with Crippen LogP contribution in [-0.2, 0) is 0 Å². The maximum atomic E-state index is 12.4. The largest absolute Gasteiger partial charge is 0.336 e. The van der Waals surface area contributed by atoms with Crippen LogP contribution in [0.15, 0.2) is 36.7 Å². The molecule has 2 N–H and O–H groups in total. The summed E-state index contributed by atoms with van der Waals surface area (Å²) in [5.41, 5.74) is 0.806. The predicted octanol–water partition coefficient (Wildman–Crippen LogP) is 4.11. The monoisotopic (exact) mass is 342 g/mol. The summed E-state index contributed by atoms with van der Waals surface area (Å²) < 4.78 is 0. The van der Waals surface area contributed by atoms with Crippen molar-refractivity contribution in [3.8, 4) is 0 Å². The molecule has 0 unspecified atom stereocenters. The normalized spacial score (nSPS) is 12.6. The number of rotatable bonds is 8. The van der Waals surface area contributed by atoms with Crippen LogP contribution >= 0.6 is 0 Å². The van der Waals surface area contributed by atoms with E-state index in [-0.39, 0.29) is 6.03 Å². The second-order valence-corrected chi connectivity index (χ2v) is 6.74. The molecule has 2 aromatic rings. The fourth-order valence-electron chi connectivity index (χ4n) is 3.25. The molecular formula is C20H30N4O. The van der Waals surface area contributed by atoms with Crippen molar-refractivity contribution in [3.05, 3.63) is 36.7 Å². The Labute approximate surface area is 150 Å². The first-order valence-corrected chi connectivity index (χ1v) is 9.16. The molecule has 0 saturated carbocycles. The number of anilines is 1. The summed E-state index contributed by atoms with van der Waals surface area (Å²) in [5.74, 6) is 0.598. The average Bonchev–Trinajstić information content (AvgIpc) is 2.60. The van der Waals surface area contributed by atoms with Crippen molar-refractivity contribution in [1.29, 1.82) is 0 Å². The van der Waals surface area contributed by atoms with Gasteiger partial charge in [0.05, 0.1) is 5.69 Å².